The quantitative estimate of drug-likeness (QED) is 0.571. The molecule has 0 fully saturated rings. The molecular weight excluding hydrogens is 260 g/mol. The summed E-state index contributed by atoms with van der Waals surface area (Å²) in [6, 6.07) is -0.555. The molecule has 0 radical (unpaired) electrons. The zero-order valence-corrected chi connectivity index (χ0v) is 11.4. The minimum atomic E-state index is -3.10. The van der Waals surface area contributed by atoms with Crippen LogP contribution in [0.2, 0.25) is 0 Å². The fraction of sp³-hybridized carbons (Fsp3) is 0.800. The van der Waals surface area contributed by atoms with Crippen LogP contribution >= 0.6 is 0 Å². The molecule has 2 amide bonds. The lowest BCUT2D eigenvalue weighted by atomic mass is 10.1. The summed E-state index contributed by atoms with van der Waals surface area (Å²) >= 11 is 0. The molecule has 0 aliphatic heterocycles. The Labute approximate surface area is 107 Å². The number of carbonyl (C=O) groups excluding carboxylic acids is 1. The number of aliphatic carboxylic acids is 1. The molecule has 0 saturated heterocycles. The van der Waals surface area contributed by atoms with E-state index in [1.807, 2.05) is 0 Å². The van der Waals surface area contributed by atoms with Gasteiger partial charge < -0.3 is 15.7 Å². The molecule has 0 aliphatic carbocycles. The van der Waals surface area contributed by atoms with Gasteiger partial charge in [-0.25, -0.2) is 13.2 Å². The molecule has 3 N–H and O–H groups in total. The number of amides is 2. The Morgan fingerprint density at radius 2 is 1.83 bits per heavy atom. The average molecular weight is 280 g/mol. The Morgan fingerprint density at radius 3 is 2.28 bits per heavy atom. The molecular formula is C10H20N2O5S. The molecule has 0 rings (SSSR count). The minimum absolute atomic E-state index is 0.0197. The fourth-order valence-corrected chi connectivity index (χ4v) is 1.85. The Bertz CT molecular complexity index is 380. The number of hydrogen-bond acceptors (Lipinski definition) is 4. The highest BCUT2D eigenvalue weighted by Crippen LogP contribution is 1.99. The summed E-state index contributed by atoms with van der Waals surface area (Å²) in [7, 11) is -3.10. The number of rotatable bonds is 8. The lowest BCUT2D eigenvalue weighted by Crippen LogP contribution is -2.41. The zero-order chi connectivity index (χ0) is 14.2. The van der Waals surface area contributed by atoms with Crippen LogP contribution in [0, 0.1) is 5.92 Å². The van der Waals surface area contributed by atoms with E-state index in [1.54, 1.807) is 6.92 Å². The maximum atomic E-state index is 11.3. The largest absolute Gasteiger partial charge is 0.481 e. The molecule has 0 aliphatic rings. The van der Waals surface area contributed by atoms with E-state index in [1.165, 1.54) is 6.92 Å². The van der Waals surface area contributed by atoms with Crippen LogP contribution in [0.3, 0.4) is 0 Å². The maximum Gasteiger partial charge on any atom is 0.314 e. The van der Waals surface area contributed by atoms with Gasteiger partial charge in [-0.3, -0.25) is 4.79 Å². The summed E-state index contributed by atoms with van der Waals surface area (Å²) < 4.78 is 22.3. The second-order valence-electron chi connectivity index (χ2n) is 3.82. The van der Waals surface area contributed by atoms with Crippen LogP contribution in [-0.2, 0) is 14.6 Å². The van der Waals surface area contributed by atoms with Gasteiger partial charge in [0.2, 0.25) is 0 Å². The predicted molar refractivity (Wildman–Crippen MR) is 67.1 cm³/mol. The van der Waals surface area contributed by atoms with Gasteiger partial charge >= 0.3 is 12.0 Å². The Balaban J connectivity index is 3.89. The van der Waals surface area contributed by atoms with Crippen molar-refractivity contribution in [1.29, 1.82) is 0 Å². The molecule has 0 heterocycles. The molecule has 1 unspecified atom stereocenters. The topological polar surface area (TPSA) is 113 Å². The van der Waals surface area contributed by atoms with E-state index >= 15 is 0 Å². The Morgan fingerprint density at radius 1 is 1.22 bits per heavy atom. The van der Waals surface area contributed by atoms with Crippen molar-refractivity contribution in [1.82, 2.24) is 10.6 Å². The summed E-state index contributed by atoms with van der Waals surface area (Å²) in [5.41, 5.74) is 0. The van der Waals surface area contributed by atoms with Crippen molar-refractivity contribution >= 4 is 21.8 Å². The first-order valence-electron chi connectivity index (χ1n) is 5.77. The summed E-state index contributed by atoms with van der Waals surface area (Å²) in [5.74, 6) is -1.68. The van der Waals surface area contributed by atoms with E-state index < -0.39 is 27.8 Å². The number of urea groups is 1. The SMILES string of the molecule is CCC(CNC(=O)NCCS(=O)(=O)CC)C(=O)O. The molecule has 18 heavy (non-hydrogen) atoms. The Hall–Kier alpha value is -1.31. The van der Waals surface area contributed by atoms with Gasteiger partial charge in [-0.1, -0.05) is 13.8 Å². The third-order valence-corrected chi connectivity index (χ3v) is 4.20. The molecule has 0 aromatic heterocycles. The van der Waals surface area contributed by atoms with Gasteiger partial charge in [0, 0.05) is 18.8 Å². The smallest absolute Gasteiger partial charge is 0.314 e. The van der Waals surface area contributed by atoms with Crippen molar-refractivity contribution in [3.8, 4) is 0 Å². The van der Waals surface area contributed by atoms with Crippen molar-refractivity contribution in [2.75, 3.05) is 24.6 Å². The van der Waals surface area contributed by atoms with E-state index in [9.17, 15) is 18.0 Å². The predicted octanol–water partition coefficient (Wildman–Crippen LogP) is -0.169. The second-order valence-corrected chi connectivity index (χ2v) is 6.29. The van der Waals surface area contributed by atoms with Gasteiger partial charge in [0.1, 0.15) is 0 Å². The van der Waals surface area contributed by atoms with E-state index in [4.69, 9.17) is 5.11 Å². The number of carboxylic acids is 1. The van der Waals surface area contributed by atoms with Crippen LogP contribution in [0.25, 0.3) is 0 Å². The zero-order valence-electron chi connectivity index (χ0n) is 10.6. The Kier molecular flexibility index (Phi) is 7.33. The molecule has 0 bridgehead atoms. The van der Waals surface area contributed by atoms with E-state index in [2.05, 4.69) is 10.6 Å². The van der Waals surface area contributed by atoms with Crippen LogP contribution in [0.5, 0.6) is 0 Å². The third-order valence-electron chi connectivity index (χ3n) is 2.49. The number of carbonyl (C=O) groups is 2. The summed E-state index contributed by atoms with van der Waals surface area (Å²) in [4.78, 5) is 21.9. The van der Waals surface area contributed by atoms with Crippen LogP contribution in [0.4, 0.5) is 4.79 Å². The molecule has 1 atom stereocenters. The van der Waals surface area contributed by atoms with Crippen molar-refractivity contribution in [3.05, 3.63) is 0 Å². The van der Waals surface area contributed by atoms with Gasteiger partial charge in [-0.05, 0) is 6.42 Å². The lowest BCUT2D eigenvalue weighted by molar-refractivity contribution is -0.141. The average Bonchev–Trinajstić information content (AvgIpc) is 2.29. The highest BCUT2D eigenvalue weighted by Gasteiger charge is 2.15. The third kappa shape index (κ3) is 7.10. The van der Waals surface area contributed by atoms with Gasteiger partial charge in [-0.2, -0.15) is 0 Å². The first-order chi connectivity index (χ1) is 8.32. The van der Waals surface area contributed by atoms with E-state index in [0.717, 1.165) is 0 Å². The molecule has 7 nitrogen and oxygen atoms in total. The van der Waals surface area contributed by atoms with Crippen molar-refractivity contribution in [3.63, 3.8) is 0 Å². The fourth-order valence-electron chi connectivity index (χ4n) is 1.15. The molecule has 0 saturated carbocycles. The lowest BCUT2D eigenvalue weighted by Gasteiger charge is -2.11. The van der Waals surface area contributed by atoms with Crippen LogP contribution < -0.4 is 10.6 Å². The molecule has 0 spiro atoms. The first-order valence-corrected chi connectivity index (χ1v) is 7.59. The number of sulfone groups is 1. The van der Waals surface area contributed by atoms with E-state index in [-0.39, 0.29) is 24.6 Å². The van der Waals surface area contributed by atoms with Crippen molar-refractivity contribution < 1.29 is 23.1 Å². The van der Waals surface area contributed by atoms with Crippen molar-refractivity contribution in [2.45, 2.75) is 20.3 Å². The van der Waals surface area contributed by atoms with E-state index in [0.29, 0.717) is 6.42 Å². The molecule has 0 aromatic carbocycles. The van der Waals surface area contributed by atoms with Gasteiger partial charge in [-0.15, -0.1) is 0 Å². The van der Waals surface area contributed by atoms with Crippen LogP contribution in [0.15, 0.2) is 0 Å². The van der Waals surface area contributed by atoms with Gasteiger partial charge in [0.25, 0.3) is 0 Å². The van der Waals surface area contributed by atoms with Gasteiger partial charge in [0.15, 0.2) is 9.84 Å². The van der Waals surface area contributed by atoms with Crippen LogP contribution in [0.1, 0.15) is 20.3 Å². The van der Waals surface area contributed by atoms with Crippen molar-refractivity contribution in [2.24, 2.45) is 5.92 Å². The maximum absolute atomic E-state index is 11.3. The molecule has 106 valence electrons. The normalized spacial score (nSPS) is 12.8. The number of hydrogen-bond donors (Lipinski definition) is 3. The molecule has 0 aromatic rings. The first kappa shape index (κ1) is 16.7. The highest BCUT2D eigenvalue weighted by molar-refractivity contribution is 7.91. The number of carboxylic acid groups (broad SMARTS) is 1. The monoisotopic (exact) mass is 280 g/mol. The van der Waals surface area contributed by atoms with Crippen LogP contribution in [-0.4, -0.2) is 50.1 Å². The second kappa shape index (κ2) is 7.91. The number of nitrogens with one attached hydrogen (secondary N) is 2. The summed E-state index contributed by atoms with van der Waals surface area (Å²) in [5, 5.41) is 13.5. The van der Waals surface area contributed by atoms with Gasteiger partial charge in [0.05, 0.1) is 11.7 Å². The standard InChI is InChI=1S/C10H20N2O5S/c1-3-8(9(13)14)7-12-10(15)11-5-6-18(16,17)4-2/h8H,3-7H2,1-2H3,(H,13,14)(H2,11,12,15). The molecule has 8 heteroatoms. The minimum Gasteiger partial charge on any atom is -0.481 e. The summed E-state index contributed by atoms with van der Waals surface area (Å²) in [6.45, 7) is 3.30. The highest BCUT2D eigenvalue weighted by atomic mass is 32.2. The summed E-state index contributed by atoms with van der Waals surface area (Å²) in [6.07, 6.45) is 0.416.